The van der Waals surface area contributed by atoms with E-state index in [2.05, 4.69) is 5.32 Å². The zero-order chi connectivity index (χ0) is 24.1. The van der Waals surface area contributed by atoms with Crippen LogP contribution in [0.15, 0.2) is 48.5 Å². The number of para-hydroxylation sites is 1. The Morgan fingerprint density at radius 2 is 1.66 bits per heavy atom. The lowest BCUT2D eigenvalue weighted by molar-refractivity contribution is -0.139. The highest BCUT2D eigenvalue weighted by molar-refractivity contribution is 7.92. The molecule has 0 radical (unpaired) electrons. The lowest BCUT2D eigenvalue weighted by Gasteiger charge is -2.32. The lowest BCUT2D eigenvalue weighted by Crippen LogP contribution is -2.52. The Balaban J connectivity index is 2.40. The van der Waals surface area contributed by atoms with Crippen LogP contribution in [0.2, 0.25) is 10.0 Å². The number of hydrogen-bond donors (Lipinski definition) is 1. The highest BCUT2D eigenvalue weighted by Gasteiger charge is 2.30. The first-order chi connectivity index (χ1) is 14.9. The number of hydrogen-bond acceptors (Lipinski definition) is 4. The van der Waals surface area contributed by atoms with Crippen LogP contribution in [0.25, 0.3) is 0 Å². The van der Waals surface area contributed by atoms with E-state index in [1.807, 2.05) is 13.8 Å². The van der Waals surface area contributed by atoms with Gasteiger partial charge in [-0.05, 0) is 50.6 Å². The van der Waals surface area contributed by atoms with E-state index in [9.17, 15) is 18.0 Å². The Labute approximate surface area is 199 Å². The van der Waals surface area contributed by atoms with Crippen molar-refractivity contribution in [3.8, 4) is 0 Å². The Bertz CT molecular complexity index is 1060. The molecule has 2 aromatic carbocycles. The van der Waals surface area contributed by atoms with Crippen molar-refractivity contribution in [2.75, 3.05) is 17.1 Å². The predicted octanol–water partition coefficient (Wildman–Crippen LogP) is 3.70. The minimum absolute atomic E-state index is 0.00785. The molecule has 1 atom stereocenters. The molecule has 1 N–H and O–H groups in total. The third kappa shape index (κ3) is 7.12. The SMILES string of the molecule is CC(C)NC(=O)[C@H](C)N(Cc1ccc(Cl)cc1Cl)C(=O)CN(c1ccccc1)S(C)(=O)=O. The normalized spacial score (nSPS) is 12.3. The molecular formula is C22H27Cl2N3O4S. The van der Waals surface area contributed by atoms with Gasteiger partial charge in [0, 0.05) is 22.6 Å². The number of nitrogens with zero attached hydrogens (tertiary/aromatic N) is 2. The summed E-state index contributed by atoms with van der Waals surface area (Å²) in [5.74, 6) is -0.902. The van der Waals surface area contributed by atoms with Crippen LogP contribution in [0.4, 0.5) is 5.69 Å². The van der Waals surface area contributed by atoms with Gasteiger partial charge in [0.05, 0.1) is 11.9 Å². The number of carbonyl (C=O) groups excluding carboxylic acids is 2. The van der Waals surface area contributed by atoms with Gasteiger partial charge in [-0.2, -0.15) is 0 Å². The van der Waals surface area contributed by atoms with Crippen LogP contribution in [0.3, 0.4) is 0 Å². The molecule has 0 heterocycles. The smallest absolute Gasteiger partial charge is 0.244 e. The molecule has 0 fully saturated rings. The molecule has 0 bridgehead atoms. The van der Waals surface area contributed by atoms with Crippen molar-refractivity contribution < 1.29 is 18.0 Å². The third-order valence-electron chi connectivity index (χ3n) is 4.68. The standard InChI is InChI=1S/C22H27Cl2N3O4S/c1-15(2)25-22(29)16(3)26(13-17-10-11-18(23)12-20(17)24)21(28)14-27(32(4,30)31)19-8-6-5-7-9-19/h5-12,15-16H,13-14H2,1-4H3,(H,25,29)/t16-/m0/s1. The van der Waals surface area contributed by atoms with E-state index in [-0.39, 0.29) is 18.5 Å². The summed E-state index contributed by atoms with van der Waals surface area (Å²) in [7, 11) is -3.76. The summed E-state index contributed by atoms with van der Waals surface area (Å²) >= 11 is 12.3. The molecule has 32 heavy (non-hydrogen) atoms. The van der Waals surface area contributed by atoms with Gasteiger partial charge in [-0.15, -0.1) is 0 Å². The van der Waals surface area contributed by atoms with Gasteiger partial charge in [-0.1, -0.05) is 47.5 Å². The molecule has 0 saturated carbocycles. The van der Waals surface area contributed by atoms with E-state index in [1.54, 1.807) is 55.5 Å². The second-order valence-corrected chi connectivity index (χ2v) is 10.5. The second kappa shape index (κ2) is 11.0. The van der Waals surface area contributed by atoms with Crippen molar-refractivity contribution in [2.24, 2.45) is 0 Å². The number of rotatable bonds is 9. The van der Waals surface area contributed by atoms with Crippen LogP contribution in [-0.4, -0.2) is 50.0 Å². The van der Waals surface area contributed by atoms with Gasteiger partial charge >= 0.3 is 0 Å². The van der Waals surface area contributed by atoms with E-state index in [0.29, 0.717) is 21.3 Å². The lowest BCUT2D eigenvalue weighted by atomic mass is 10.1. The molecule has 0 aliphatic heterocycles. The zero-order valence-corrected chi connectivity index (χ0v) is 20.7. The molecule has 0 aliphatic rings. The Kier molecular flexibility index (Phi) is 8.95. The topological polar surface area (TPSA) is 86.8 Å². The molecule has 10 heteroatoms. The molecule has 0 aromatic heterocycles. The minimum atomic E-state index is -3.76. The fourth-order valence-electron chi connectivity index (χ4n) is 3.03. The molecule has 2 rings (SSSR count). The van der Waals surface area contributed by atoms with Crippen LogP contribution in [0, 0.1) is 0 Å². The minimum Gasteiger partial charge on any atom is -0.352 e. The second-order valence-electron chi connectivity index (χ2n) is 7.70. The van der Waals surface area contributed by atoms with E-state index in [4.69, 9.17) is 23.2 Å². The molecule has 0 saturated heterocycles. The Morgan fingerprint density at radius 3 is 2.19 bits per heavy atom. The first-order valence-electron chi connectivity index (χ1n) is 9.96. The van der Waals surface area contributed by atoms with E-state index in [0.717, 1.165) is 10.6 Å². The first kappa shape index (κ1) is 26.0. The van der Waals surface area contributed by atoms with Gasteiger partial charge in [0.2, 0.25) is 21.8 Å². The van der Waals surface area contributed by atoms with Crippen molar-refractivity contribution in [3.63, 3.8) is 0 Å². The number of halogens is 2. The molecule has 7 nitrogen and oxygen atoms in total. The first-order valence-corrected chi connectivity index (χ1v) is 12.6. The van der Waals surface area contributed by atoms with Crippen LogP contribution < -0.4 is 9.62 Å². The van der Waals surface area contributed by atoms with Crippen LogP contribution in [0.1, 0.15) is 26.3 Å². The number of sulfonamides is 1. The maximum absolute atomic E-state index is 13.4. The summed E-state index contributed by atoms with van der Waals surface area (Å²) in [6.07, 6.45) is 1.03. The van der Waals surface area contributed by atoms with E-state index >= 15 is 0 Å². The monoisotopic (exact) mass is 499 g/mol. The van der Waals surface area contributed by atoms with Crippen molar-refractivity contribution in [2.45, 2.75) is 39.4 Å². The highest BCUT2D eigenvalue weighted by Crippen LogP contribution is 2.24. The maximum atomic E-state index is 13.4. The van der Waals surface area contributed by atoms with E-state index in [1.165, 1.54) is 4.90 Å². The van der Waals surface area contributed by atoms with Gasteiger partial charge in [-0.3, -0.25) is 13.9 Å². The number of amides is 2. The van der Waals surface area contributed by atoms with E-state index < -0.39 is 28.5 Å². The zero-order valence-electron chi connectivity index (χ0n) is 18.4. The largest absolute Gasteiger partial charge is 0.352 e. The predicted molar refractivity (Wildman–Crippen MR) is 128 cm³/mol. The van der Waals surface area contributed by atoms with Gasteiger partial charge in [0.15, 0.2) is 0 Å². The Hall–Kier alpha value is -2.29. The van der Waals surface area contributed by atoms with Gasteiger partial charge in [0.1, 0.15) is 12.6 Å². The fraction of sp³-hybridized carbons (Fsp3) is 0.364. The number of nitrogens with one attached hydrogen (secondary N) is 1. The van der Waals surface area contributed by atoms with Gasteiger partial charge < -0.3 is 10.2 Å². The van der Waals surface area contributed by atoms with Crippen molar-refractivity contribution in [1.82, 2.24) is 10.2 Å². The third-order valence-corrected chi connectivity index (χ3v) is 6.40. The summed E-state index contributed by atoms with van der Waals surface area (Å²) < 4.78 is 25.9. The maximum Gasteiger partial charge on any atom is 0.244 e. The average Bonchev–Trinajstić information content (AvgIpc) is 2.70. The summed E-state index contributed by atoms with van der Waals surface area (Å²) in [6.45, 7) is 4.76. The molecule has 2 amide bonds. The van der Waals surface area contributed by atoms with Crippen molar-refractivity contribution in [3.05, 3.63) is 64.1 Å². The van der Waals surface area contributed by atoms with Crippen LogP contribution >= 0.6 is 23.2 Å². The number of benzene rings is 2. The summed E-state index contributed by atoms with van der Waals surface area (Å²) in [5, 5.41) is 3.57. The molecular weight excluding hydrogens is 473 g/mol. The fourth-order valence-corrected chi connectivity index (χ4v) is 4.35. The average molecular weight is 500 g/mol. The molecule has 174 valence electrons. The quantitative estimate of drug-likeness (QED) is 0.569. The van der Waals surface area contributed by atoms with Gasteiger partial charge in [0.25, 0.3) is 0 Å². The highest BCUT2D eigenvalue weighted by atomic mass is 35.5. The van der Waals surface area contributed by atoms with Crippen LogP contribution in [-0.2, 0) is 26.2 Å². The molecule has 0 aliphatic carbocycles. The van der Waals surface area contributed by atoms with Crippen LogP contribution in [0.5, 0.6) is 0 Å². The molecule has 2 aromatic rings. The summed E-state index contributed by atoms with van der Waals surface area (Å²) in [6, 6.07) is 12.2. The number of carbonyl (C=O) groups is 2. The summed E-state index contributed by atoms with van der Waals surface area (Å²) in [4.78, 5) is 27.4. The Morgan fingerprint density at radius 1 is 1.03 bits per heavy atom. The van der Waals surface area contributed by atoms with Crippen molar-refractivity contribution in [1.29, 1.82) is 0 Å². The van der Waals surface area contributed by atoms with Crippen molar-refractivity contribution >= 4 is 50.7 Å². The number of anilines is 1. The molecule has 0 spiro atoms. The van der Waals surface area contributed by atoms with Gasteiger partial charge in [-0.25, -0.2) is 8.42 Å². The summed E-state index contributed by atoms with van der Waals surface area (Å²) in [5.41, 5.74) is 0.936. The molecule has 0 unspecified atom stereocenters.